The third-order valence-corrected chi connectivity index (χ3v) is 2.13. The van der Waals surface area contributed by atoms with Crippen LogP contribution in [0.3, 0.4) is 0 Å². The number of hydrogen-bond donors (Lipinski definition) is 1. The number of rotatable bonds is 6. The van der Waals surface area contributed by atoms with Gasteiger partial charge >= 0.3 is 14.1 Å². The van der Waals surface area contributed by atoms with Crippen LogP contribution < -0.4 is 5.09 Å². The van der Waals surface area contributed by atoms with Crippen molar-refractivity contribution in [3.05, 3.63) is 0 Å². The zero-order chi connectivity index (χ0) is 12.7. The Labute approximate surface area is 96.3 Å². The van der Waals surface area contributed by atoms with Crippen LogP contribution in [0.1, 0.15) is 34.6 Å². The Morgan fingerprint density at radius 1 is 1.31 bits per heavy atom. The summed E-state index contributed by atoms with van der Waals surface area (Å²) in [4.78, 5) is 11.3. The molecule has 1 N–H and O–H groups in total. The smallest absolute Gasteiger partial charge is 0.462 e. The average molecular weight is 249 g/mol. The van der Waals surface area contributed by atoms with Crippen molar-refractivity contribution >= 4 is 19.9 Å². The second-order valence-corrected chi connectivity index (χ2v) is 4.65. The van der Waals surface area contributed by atoms with E-state index >= 15 is 0 Å². The topological polar surface area (TPSA) is 77.0 Å². The Bertz CT molecular complexity index is 287. The Balaban J connectivity index is 4.04. The summed E-state index contributed by atoms with van der Waals surface area (Å²) >= 11 is 0. The quantitative estimate of drug-likeness (QED) is 0.337. The van der Waals surface area contributed by atoms with Gasteiger partial charge in [-0.25, -0.2) is 0 Å². The van der Waals surface area contributed by atoms with E-state index in [1.807, 2.05) is 0 Å². The van der Waals surface area contributed by atoms with Crippen LogP contribution in [0, 0.1) is 0 Å². The van der Waals surface area contributed by atoms with Gasteiger partial charge in [-0.05, 0) is 39.8 Å². The van der Waals surface area contributed by atoms with Crippen molar-refractivity contribution in [1.29, 1.82) is 0 Å². The molecule has 0 spiro atoms. The average Bonchev–Trinajstić information content (AvgIpc) is 2.13. The summed E-state index contributed by atoms with van der Waals surface area (Å²) in [6.07, 6.45) is -0.202. The minimum Gasteiger partial charge on any atom is -0.462 e. The largest absolute Gasteiger partial charge is 0.686 e. The van der Waals surface area contributed by atoms with Crippen LogP contribution in [0.15, 0.2) is 5.16 Å². The molecule has 0 saturated carbocycles. The lowest BCUT2D eigenvalue weighted by Gasteiger charge is -2.09. The second-order valence-electron chi connectivity index (χ2n) is 3.71. The lowest BCUT2D eigenvalue weighted by Crippen LogP contribution is -2.32. The Morgan fingerprint density at radius 3 is 2.31 bits per heavy atom. The molecule has 0 aliphatic heterocycles. The standard InChI is InChI=1S/C9H18N2O4P/c1-6(2)10-15-16(13)11-8(5)9(12)14-7(3)4/h7-8H,1-5H3,(H,11,13)/q+1. The first kappa shape index (κ1) is 15.0. The van der Waals surface area contributed by atoms with Crippen LogP contribution in [0.5, 0.6) is 0 Å². The lowest BCUT2D eigenvalue weighted by molar-refractivity contribution is -0.148. The van der Waals surface area contributed by atoms with Crippen LogP contribution in [0.25, 0.3) is 0 Å². The number of ether oxygens (including phenoxy) is 1. The van der Waals surface area contributed by atoms with Gasteiger partial charge in [0.05, 0.1) is 11.8 Å². The minimum absolute atomic E-state index is 0.202. The Kier molecular flexibility index (Phi) is 6.85. The summed E-state index contributed by atoms with van der Waals surface area (Å²) in [7, 11) is -2.20. The van der Waals surface area contributed by atoms with Gasteiger partial charge in [-0.1, -0.05) is 5.09 Å². The summed E-state index contributed by atoms with van der Waals surface area (Å²) in [5.41, 5.74) is 0.641. The van der Waals surface area contributed by atoms with Crippen LogP contribution >= 0.6 is 8.18 Å². The number of nitrogens with one attached hydrogen (secondary N) is 1. The molecule has 92 valence electrons. The molecule has 2 atom stereocenters. The highest BCUT2D eigenvalue weighted by atomic mass is 31.1. The van der Waals surface area contributed by atoms with E-state index in [1.165, 1.54) is 0 Å². The molecule has 0 bridgehead atoms. The van der Waals surface area contributed by atoms with Crippen molar-refractivity contribution in [1.82, 2.24) is 5.09 Å². The van der Waals surface area contributed by atoms with Crippen LogP contribution in [-0.2, 0) is 18.7 Å². The minimum atomic E-state index is -2.20. The molecule has 0 radical (unpaired) electrons. The lowest BCUT2D eigenvalue weighted by atomic mass is 10.4. The Morgan fingerprint density at radius 2 is 1.88 bits per heavy atom. The van der Waals surface area contributed by atoms with Crippen LogP contribution in [0.4, 0.5) is 0 Å². The fraction of sp³-hybridized carbons (Fsp3) is 0.778. The van der Waals surface area contributed by atoms with Gasteiger partial charge in [-0.15, -0.1) is 4.62 Å². The van der Waals surface area contributed by atoms with Crippen LogP contribution in [-0.4, -0.2) is 23.8 Å². The van der Waals surface area contributed by atoms with E-state index in [9.17, 15) is 9.36 Å². The maximum Gasteiger partial charge on any atom is 0.686 e. The van der Waals surface area contributed by atoms with E-state index in [2.05, 4.69) is 14.9 Å². The summed E-state index contributed by atoms with van der Waals surface area (Å²) in [5, 5.41) is 5.96. The zero-order valence-corrected chi connectivity index (χ0v) is 11.1. The van der Waals surface area contributed by atoms with Crippen molar-refractivity contribution in [2.75, 3.05) is 0 Å². The summed E-state index contributed by atoms with van der Waals surface area (Å²) in [5.74, 6) is -0.473. The molecule has 7 heteroatoms. The summed E-state index contributed by atoms with van der Waals surface area (Å²) in [6, 6.07) is -0.696. The van der Waals surface area contributed by atoms with Gasteiger partial charge in [0.1, 0.15) is 6.04 Å². The first-order valence-corrected chi connectivity index (χ1v) is 6.13. The number of carbonyl (C=O) groups is 1. The molecule has 0 aliphatic rings. The summed E-state index contributed by atoms with van der Waals surface area (Å²) in [6.45, 7) is 8.45. The van der Waals surface area contributed by atoms with Crippen molar-refractivity contribution in [3.8, 4) is 0 Å². The predicted molar refractivity (Wildman–Crippen MR) is 61.3 cm³/mol. The third kappa shape index (κ3) is 7.31. The Hall–Kier alpha value is -1.00. The van der Waals surface area contributed by atoms with E-state index in [0.717, 1.165) is 0 Å². The monoisotopic (exact) mass is 249 g/mol. The predicted octanol–water partition coefficient (Wildman–Crippen LogP) is 1.99. The molecule has 0 aliphatic carbocycles. The molecular weight excluding hydrogens is 231 g/mol. The van der Waals surface area contributed by atoms with Gasteiger partial charge in [-0.3, -0.25) is 4.79 Å². The van der Waals surface area contributed by atoms with Crippen molar-refractivity contribution in [2.45, 2.75) is 46.8 Å². The normalized spacial score (nSPS) is 13.0. The van der Waals surface area contributed by atoms with E-state index in [4.69, 9.17) is 4.74 Å². The molecule has 0 rings (SSSR count). The van der Waals surface area contributed by atoms with Gasteiger partial charge < -0.3 is 4.74 Å². The molecule has 6 nitrogen and oxygen atoms in total. The molecule has 0 aromatic carbocycles. The van der Waals surface area contributed by atoms with E-state index in [0.29, 0.717) is 5.71 Å². The van der Waals surface area contributed by atoms with Crippen LogP contribution in [0.2, 0.25) is 0 Å². The van der Waals surface area contributed by atoms with E-state index in [1.54, 1.807) is 34.6 Å². The molecule has 0 aromatic rings. The van der Waals surface area contributed by atoms with Gasteiger partial charge in [0.25, 0.3) is 0 Å². The number of oxime groups is 1. The highest BCUT2D eigenvalue weighted by molar-refractivity contribution is 7.36. The van der Waals surface area contributed by atoms with E-state index < -0.39 is 20.2 Å². The summed E-state index contributed by atoms with van der Waals surface area (Å²) < 4.78 is 20.8. The maximum atomic E-state index is 11.3. The zero-order valence-electron chi connectivity index (χ0n) is 10.2. The molecule has 0 saturated heterocycles. The fourth-order valence-corrected chi connectivity index (χ4v) is 1.39. The highest BCUT2D eigenvalue weighted by Crippen LogP contribution is 2.18. The molecule has 2 unspecified atom stereocenters. The third-order valence-electron chi connectivity index (χ3n) is 1.30. The SMILES string of the molecule is CC(C)=NO[P+](=O)NC(C)C(=O)OC(C)C. The molecular formula is C9H18N2O4P+. The van der Waals surface area contributed by atoms with Crippen molar-refractivity contribution < 1.29 is 18.7 Å². The maximum absolute atomic E-state index is 11.3. The molecule has 16 heavy (non-hydrogen) atoms. The molecule has 0 amide bonds. The van der Waals surface area contributed by atoms with Gasteiger partial charge in [0.15, 0.2) is 0 Å². The van der Waals surface area contributed by atoms with Crippen molar-refractivity contribution in [2.24, 2.45) is 5.16 Å². The van der Waals surface area contributed by atoms with Gasteiger partial charge in [-0.2, -0.15) is 0 Å². The first-order valence-electron chi connectivity index (χ1n) is 4.95. The number of nitrogens with zero attached hydrogens (tertiary/aromatic N) is 1. The number of hydrogen-bond acceptors (Lipinski definition) is 5. The van der Waals surface area contributed by atoms with Crippen molar-refractivity contribution in [3.63, 3.8) is 0 Å². The molecule has 0 fully saturated rings. The molecule has 0 heterocycles. The number of esters is 1. The number of carbonyl (C=O) groups excluding carboxylic acids is 1. The van der Waals surface area contributed by atoms with Gasteiger partial charge in [0.2, 0.25) is 0 Å². The van der Waals surface area contributed by atoms with Gasteiger partial charge in [0, 0.05) is 4.57 Å². The molecule has 0 aromatic heterocycles. The second kappa shape index (κ2) is 7.30. The first-order chi connectivity index (χ1) is 7.32. The fourth-order valence-electron chi connectivity index (χ4n) is 0.687. The van der Waals surface area contributed by atoms with E-state index in [-0.39, 0.29) is 6.10 Å². The highest BCUT2D eigenvalue weighted by Gasteiger charge is 2.28.